The van der Waals surface area contributed by atoms with Gasteiger partial charge in [-0.05, 0) is 42.9 Å². The van der Waals surface area contributed by atoms with Crippen LogP contribution in [0.3, 0.4) is 0 Å². The Morgan fingerprint density at radius 2 is 2.00 bits per heavy atom. The van der Waals surface area contributed by atoms with Gasteiger partial charge in [-0.25, -0.2) is 0 Å². The maximum Gasteiger partial charge on any atom is 0.245 e. The van der Waals surface area contributed by atoms with Crippen LogP contribution in [0.25, 0.3) is 0 Å². The summed E-state index contributed by atoms with van der Waals surface area (Å²) < 4.78 is 0. The Bertz CT molecular complexity index is 626. The first-order valence-electron chi connectivity index (χ1n) is 8.43. The molecule has 2 amide bonds. The van der Waals surface area contributed by atoms with E-state index >= 15 is 0 Å². The van der Waals surface area contributed by atoms with Crippen LogP contribution in [0, 0.1) is 5.92 Å². The number of carbonyl (C=O) groups excluding carboxylic acids is 2. The van der Waals surface area contributed by atoms with Gasteiger partial charge in [0.05, 0.1) is 5.60 Å². The van der Waals surface area contributed by atoms with Crippen LogP contribution in [-0.2, 0) is 16.0 Å². The number of carbonyl (C=O) groups is 2. The molecule has 130 valence electrons. The van der Waals surface area contributed by atoms with E-state index in [1.165, 1.54) is 6.92 Å². The van der Waals surface area contributed by atoms with Crippen LogP contribution in [0.4, 0.5) is 0 Å². The first kappa shape index (κ1) is 16.8. The highest BCUT2D eigenvalue weighted by Gasteiger charge is 2.49. The van der Waals surface area contributed by atoms with Gasteiger partial charge in [0.15, 0.2) is 0 Å². The molecule has 6 heteroatoms. The summed E-state index contributed by atoms with van der Waals surface area (Å²) >= 11 is 0. The van der Waals surface area contributed by atoms with Crippen LogP contribution in [0.15, 0.2) is 24.3 Å². The van der Waals surface area contributed by atoms with Gasteiger partial charge in [-0.2, -0.15) is 0 Å². The van der Waals surface area contributed by atoms with Gasteiger partial charge in [0.1, 0.15) is 11.8 Å². The number of aliphatic hydroxyl groups is 1. The van der Waals surface area contributed by atoms with E-state index in [2.05, 4.69) is 5.32 Å². The average molecular weight is 332 g/mol. The lowest BCUT2D eigenvalue weighted by molar-refractivity contribution is -0.136. The van der Waals surface area contributed by atoms with Crippen molar-refractivity contribution < 1.29 is 19.8 Å². The van der Waals surface area contributed by atoms with Gasteiger partial charge in [-0.3, -0.25) is 9.59 Å². The van der Waals surface area contributed by atoms with E-state index in [1.54, 1.807) is 29.2 Å². The zero-order chi connectivity index (χ0) is 17.3. The lowest BCUT2D eigenvalue weighted by atomic mass is 9.97. The molecular formula is C18H24N2O4. The second-order valence-electron chi connectivity index (χ2n) is 7.01. The van der Waals surface area contributed by atoms with Crippen molar-refractivity contribution in [2.75, 3.05) is 13.1 Å². The second-order valence-corrected chi connectivity index (χ2v) is 7.01. The molecule has 1 aliphatic carbocycles. The smallest absolute Gasteiger partial charge is 0.245 e. The van der Waals surface area contributed by atoms with Gasteiger partial charge >= 0.3 is 0 Å². The van der Waals surface area contributed by atoms with E-state index in [0.29, 0.717) is 31.8 Å². The zero-order valence-corrected chi connectivity index (χ0v) is 13.9. The number of hydrogen-bond acceptors (Lipinski definition) is 4. The first-order valence-corrected chi connectivity index (χ1v) is 8.43. The molecule has 24 heavy (non-hydrogen) atoms. The number of likely N-dealkylation sites (tertiary alicyclic amines) is 1. The molecule has 2 atom stereocenters. The van der Waals surface area contributed by atoms with Crippen LogP contribution >= 0.6 is 0 Å². The summed E-state index contributed by atoms with van der Waals surface area (Å²) in [6.07, 6.45) is 3.02. The number of aromatic hydroxyl groups is 1. The standard InChI is InChI=1S/C18H24N2O4/c1-12(21)19-16(10-13-2-6-15(22)7-3-13)17(23)20-9-8-18(24,11-20)14-4-5-14/h2-3,6-7,14,16,22,24H,4-5,8-11H2,1H3,(H,19,21)/t16-,18?/m0/s1. The molecule has 1 aromatic carbocycles. The Hall–Kier alpha value is -2.08. The molecule has 6 nitrogen and oxygen atoms in total. The van der Waals surface area contributed by atoms with Gasteiger partial charge in [-0.1, -0.05) is 12.1 Å². The van der Waals surface area contributed by atoms with Crippen LogP contribution in [0.2, 0.25) is 0 Å². The highest BCUT2D eigenvalue weighted by Crippen LogP contribution is 2.44. The molecule has 0 bridgehead atoms. The molecule has 1 unspecified atom stereocenters. The van der Waals surface area contributed by atoms with E-state index in [4.69, 9.17) is 0 Å². The second kappa shape index (κ2) is 6.43. The Labute approximate surface area is 141 Å². The monoisotopic (exact) mass is 332 g/mol. The number of rotatable bonds is 5. The highest BCUT2D eigenvalue weighted by atomic mass is 16.3. The van der Waals surface area contributed by atoms with Crippen molar-refractivity contribution in [2.45, 2.75) is 44.2 Å². The van der Waals surface area contributed by atoms with E-state index in [1.807, 2.05) is 0 Å². The summed E-state index contributed by atoms with van der Waals surface area (Å²) in [5.41, 5.74) is 0.103. The molecule has 3 rings (SSSR count). The first-order chi connectivity index (χ1) is 11.4. The van der Waals surface area contributed by atoms with E-state index in [-0.39, 0.29) is 17.6 Å². The topological polar surface area (TPSA) is 89.9 Å². The quantitative estimate of drug-likeness (QED) is 0.744. The Balaban J connectivity index is 1.69. The van der Waals surface area contributed by atoms with Gasteiger partial charge in [0, 0.05) is 26.4 Å². The molecule has 0 radical (unpaired) electrons. The number of nitrogens with one attached hydrogen (secondary N) is 1. The summed E-state index contributed by atoms with van der Waals surface area (Å²) in [6.45, 7) is 2.27. The summed E-state index contributed by atoms with van der Waals surface area (Å²) in [5, 5.41) is 22.7. The van der Waals surface area contributed by atoms with Crippen molar-refractivity contribution in [3.8, 4) is 5.75 Å². The largest absolute Gasteiger partial charge is 0.508 e. The average Bonchev–Trinajstić information content (AvgIpc) is 3.32. The highest BCUT2D eigenvalue weighted by molar-refractivity contribution is 5.87. The van der Waals surface area contributed by atoms with E-state index < -0.39 is 11.6 Å². The number of phenolic OH excluding ortho intramolecular Hbond substituents is 1. The minimum absolute atomic E-state index is 0.158. The fourth-order valence-electron chi connectivity index (χ4n) is 3.49. The molecule has 1 saturated carbocycles. The van der Waals surface area contributed by atoms with Crippen molar-refractivity contribution in [2.24, 2.45) is 5.92 Å². The molecule has 3 N–H and O–H groups in total. The molecule has 1 saturated heterocycles. The van der Waals surface area contributed by atoms with E-state index in [0.717, 1.165) is 18.4 Å². The van der Waals surface area contributed by atoms with Crippen LogP contribution in [0.1, 0.15) is 31.7 Å². The maximum atomic E-state index is 12.8. The molecule has 1 aromatic rings. The number of nitrogens with zero attached hydrogens (tertiary/aromatic N) is 1. The Kier molecular flexibility index (Phi) is 4.49. The number of benzene rings is 1. The normalized spacial score (nSPS) is 24.7. The third-order valence-electron chi connectivity index (χ3n) is 4.98. The number of phenols is 1. The third-order valence-corrected chi connectivity index (χ3v) is 4.98. The fourth-order valence-corrected chi connectivity index (χ4v) is 3.49. The van der Waals surface area contributed by atoms with Crippen molar-refractivity contribution >= 4 is 11.8 Å². The summed E-state index contributed by atoms with van der Waals surface area (Å²) in [6, 6.07) is 5.94. The number of β-amino-alcohol motifs (C(OH)–C–C–N with tert-alkyl or cyclic N) is 1. The van der Waals surface area contributed by atoms with Crippen molar-refractivity contribution in [3.63, 3.8) is 0 Å². The summed E-state index contributed by atoms with van der Waals surface area (Å²) in [5.74, 6) is 0.0560. The maximum absolute atomic E-state index is 12.8. The van der Waals surface area contributed by atoms with Crippen molar-refractivity contribution in [1.29, 1.82) is 0 Å². The zero-order valence-electron chi connectivity index (χ0n) is 13.9. The van der Waals surface area contributed by atoms with Crippen LogP contribution in [0.5, 0.6) is 5.75 Å². The van der Waals surface area contributed by atoms with Crippen LogP contribution < -0.4 is 5.32 Å². The Morgan fingerprint density at radius 3 is 2.58 bits per heavy atom. The number of hydrogen-bond donors (Lipinski definition) is 3. The lowest BCUT2D eigenvalue weighted by Crippen LogP contribution is -2.49. The van der Waals surface area contributed by atoms with E-state index in [9.17, 15) is 19.8 Å². The number of amides is 2. The van der Waals surface area contributed by atoms with Crippen molar-refractivity contribution in [3.05, 3.63) is 29.8 Å². The van der Waals surface area contributed by atoms with Crippen molar-refractivity contribution in [1.82, 2.24) is 10.2 Å². The van der Waals surface area contributed by atoms with Gasteiger partial charge in [0.25, 0.3) is 0 Å². The molecule has 0 aromatic heterocycles. The predicted octanol–water partition coefficient (Wildman–Crippen LogP) is 0.813. The summed E-state index contributed by atoms with van der Waals surface area (Å²) in [4.78, 5) is 26.0. The molecule has 1 aliphatic heterocycles. The predicted molar refractivity (Wildman–Crippen MR) is 88.3 cm³/mol. The minimum Gasteiger partial charge on any atom is -0.508 e. The van der Waals surface area contributed by atoms with Gasteiger partial charge in [-0.15, -0.1) is 0 Å². The van der Waals surface area contributed by atoms with Gasteiger partial charge < -0.3 is 20.4 Å². The SMILES string of the molecule is CC(=O)N[C@@H](Cc1ccc(O)cc1)C(=O)N1CCC(O)(C2CC2)C1. The minimum atomic E-state index is -0.755. The molecule has 0 spiro atoms. The fraction of sp³-hybridized carbons (Fsp3) is 0.556. The molecule has 2 aliphatic rings. The van der Waals surface area contributed by atoms with Crippen LogP contribution in [-0.4, -0.2) is 51.7 Å². The molecule has 2 fully saturated rings. The lowest BCUT2D eigenvalue weighted by Gasteiger charge is -2.26. The third kappa shape index (κ3) is 3.70. The molecular weight excluding hydrogens is 308 g/mol. The Morgan fingerprint density at radius 1 is 1.33 bits per heavy atom. The summed E-state index contributed by atoms with van der Waals surface area (Å²) in [7, 11) is 0. The molecule has 1 heterocycles. The van der Waals surface area contributed by atoms with Gasteiger partial charge in [0.2, 0.25) is 11.8 Å².